The van der Waals surface area contributed by atoms with Crippen molar-refractivity contribution in [3.05, 3.63) is 34.9 Å². The van der Waals surface area contributed by atoms with Crippen LogP contribution in [0.3, 0.4) is 0 Å². The Hall–Kier alpha value is -1.55. The van der Waals surface area contributed by atoms with Crippen molar-refractivity contribution in [1.82, 2.24) is 10.6 Å². The number of carbonyl (C=O) groups is 1. The van der Waals surface area contributed by atoms with E-state index < -0.39 is 0 Å². The molecule has 0 heterocycles. The topological polar surface area (TPSA) is 61.4 Å². The molecule has 1 aromatic carbocycles. The molecule has 0 fully saturated rings. The molecule has 0 saturated carbocycles. The lowest BCUT2D eigenvalue weighted by Gasteiger charge is -2.10. The van der Waals surface area contributed by atoms with E-state index in [1.165, 1.54) is 16.7 Å². The Balaban J connectivity index is 2.24. The number of carbonyl (C=O) groups excluding carboxylic acids is 1. The molecule has 0 bridgehead atoms. The Morgan fingerprint density at radius 3 is 2.58 bits per heavy atom. The van der Waals surface area contributed by atoms with Crippen LogP contribution in [0, 0.1) is 13.8 Å². The Morgan fingerprint density at radius 1 is 1.26 bits per heavy atom. The molecule has 4 nitrogen and oxygen atoms in total. The second-order valence-electron chi connectivity index (χ2n) is 5.00. The number of hydrogen-bond acceptors (Lipinski definition) is 2. The molecule has 1 unspecified atom stereocenters. The molecule has 4 heteroatoms. The number of urea groups is 1. The van der Waals surface area contributed by atoms with Crippen LogP contribution in [0.4, 0.5) is 4.79 Å². The largest absolute Gasteiger partial charge is 0.393 e. The number of rotatable bonds is 6. The summed E-state index contributed by atoms with van der Waals surface area (Å²) in [4.78, 5) is 11.4. The number of aliphatic hydroxyl groups is 1. The SMILES string of the molecule is Cc1ccc(CCNC(=O)NCCC(C)O)c(C)c1. The van der Waals surface area contributed by atoms with E-state index in [2.05, 4.69) is 42.7 Å². The van der Waals surface area contributed by atoms with Gasteiger partial charge in [-0.3, -0.25) is 0 Å². The Kier molecular flexibility index (Phi) is 6.36. The maximum Gasteiger partial charge on any atom is 0.314 e. The van der Waals surface area contributed by atoms with Crippen molar-refractivity contribution in [2.24, 2.45) is 0 Å². The zero-order valence-electron chi connectivity index (χ0n) is 12.0. The van der Waals surface area contributed by atoms with Gasteiger partial charge < -0.3 is 15.7 Å². The summed E-state index contributed by atoms with van der Waals surface area (Å²) in [5.41, 5.74) is 3.77. The molecule has 1 atom stereocenters. The first kappa shape index (κ1) is 15.5. The fourth-order valence-corrected chi connectivity index (χ4v) is 1.89. The van der Waals surface area contributed by atoms with Gasteiger partial charge >= 0.3 is 6.03 Å². The number of aliphatic hydroxyl groups excluding tert-OH is 1. The summed E-state index contributed by atoms with van der Waals surface area (Å²) in [6.45, 7) is 6.98. The Bertz CT molecular complexity index is 417. The van der Waals surface area contributed by atoms with Crippen LogP contribution in [0.15, 0.2) is 18.2 Å². The molecule has 0 saturated heterocycles. The number of nitrogens with one attached hydrogen (secondary N) is 2. The number of amides is 2. The quantitative estimate of drug-likeness (QED) is 0.735. The van der Waals surface area contributed by atoms with Gasteiger partial charge in [0.05, 0.1) is 6.10 Å². The molecule has 0 aromatic heterocycles. The molecular weight excluding hydrogens is 240 g/mol. The van der Waals surface area contributed by atoms with Crippen molar-refractivity contribution in [1.29, 1.82) is 0 Å². The molecule has 106 valence electrons. The zero-order valence-corrected chi connectivity index (χ0v) is 12.0. The summed E-state index contributed by atoms with van der Waals surface area (Å²) in [6, 6.07) is 6.17. The van der Waals surface area contributed by atoms with Crippen LogP contribution in [-0.4, -0.2) is 30.3 Å². The summed E-state index contributed by atoms with van der Waals surface area (Å²) in [7, 11) is 0. The number of hydrogen-bond donors (Lipinski definition) is 3. The van der Waals surface area contributed by atoms with Crippen LogP contribution in [-0.2, 0) is 6.42 Å². The highest BCUT2D eigenvalue weighted by molar-refractivity contribution is 5.73. The van der Waals surface area contributed by atoms with Crippen molar-refractivity contribution in [3.8, 4) is 0 Å². The van der Waals surface area contributed by atoms with Crippen molar-refractivity contribution < 1.29 is 9.90 Å². The average molecular weight is 264 g/mol. The van der Waals surface area contributed by atoms with Crippen LogP contribution in [0.1, 0.15) is 30.0 Å². The van der Waals surface area contributed by atoms with Crippen molar-refractivity contribution >= 4 is 6.03 Å². The van der Waals surface area contributed by atoms with Gasteiger partial charge in [0, 0.05) is 13.1 Å². The minimum Gasteiger partial charge on any atom is -0.393 e. The van der Waals surface area contributed by atoms with Gasteiger partial charge in [-0.05, 0) is 44.7 Å². The maximum atomic E-state index is 11.4. The van der Waals surface area contributed by atoms with Gasteiger partial charge in [-0.15, -0.1) is 0 Å². The average Bonchev–Trinajstić information content (AvgIpc) is 2.31. The standard InChI is InChI=1S/C15H24N2O2/c1-11-4-5-14(12(2)10-11)7-9-17-15(19)16-8-6-13(3)18/h4-5,10,13,18H,6-9H2,1-3H3,(H2,16,17,19). The van der Waals surface area contributed by atoms with E-state index in [1.54, 1.807) is 6.92 Å². The monoisotopic (exact) mass is 264 g/mol. The minimum atomic E-state index is -0.379. The lowest BCUT2D eigenvalue weighted by molar-refractivity contribution is 0.183. The van der Waals surface area contributed by atoms with Crippen molar-refractivity contribution in [2.45, 2.75) is 39.7 Å². The number of aryl methyl sites for hydroxylation is 2. The molecule has 19 heavy (non-hydrogen) atoms. The summed E-state index contributed by atoms with van der Waals surface area (Å²) in [5, 5.41) is 14.6. The first-order valence-corrected chi connectivity index (χ1v) is 6.75. The van der Waals surface area contributed by atoms with E-state index in [-0.39, 0.29) is 12.1 Å². The molecule has 2 amide bonds. The lowest BCUT2D eigenvalue weighted by Crippen LogP contribution is -2.37. The van der Waals surface area contributed by atoms with Crippen LogP contribution in [0.5, 0.6) is 0 Å². The van der Waals surface area contributed by atoms with Crippen molar-refractivity contribution in [2.75, 3.05) is 13.1 Å². The second-order valence-corrected chi connectivity index (χ2v) is 5.00. The first-order valence-electron chi connectivity index (χ1n) is 6.75. The van der Waals surface area contributed by atoms with Crippen LogP contribution >= 0.6 is 0 Å². The van der Waals surface area contributed by atoms with Gasteiger partial charge in [0.2, 0.25) is 0 Å². The van der Waals surface area contributed by atoms with Gasteiger partial charge in [0.1, 0.15) is 0 Å². The first-order chi connectivity index (χ1) is 8.99. The Morgan fingerprint density at radius 2 is 1.95 bits per heavy atom. The molecular formula is C15H24N2O2. The van der Waals surface area contributed by atoms with Gasteiger partial charge in [-0.25, -0.2) is 4.79 Å². The predicted octanol–water partition coefficient (Wildman–Crippen LogP) is 1.92. The third kappa shape index (κ3) is 6.25. The zero-order chi connectivity index (χ0) is 14.3. The van der Waals surface area contributed by atoms with Crippen molar-refractivity contribution in [3.63, 3.8) is 0 Å². The van der Waals surface area contributed by atoms with E-state index in [0.717, 1.165) is 6.42 Å². The maximum absolute atomic E-state index is 11.4. The fourth-order valence-electron chi connectivity index (χ4n) is 1.89. The predicted molar refractivity (Wildman–Crippen MR) is 77.3 cm³/mol. The van der Waals surface area contributed by atoms with Gasteiger partial charge in [0.15, 0.2) is 0 Å². The van der Waals surface area contributed by atoms with E-state index >= 15 is 0 Å². The molecule has 1 aromatic rings. The van der Waals surface area contributed by atoms with E-state index in [4.69, 9.17) is 5.11 Å². The molecule has 0 spiro atoms. The summed E-state index contributed by atoms with van der Waals surface area (Å²) in [6.07, 6.45) is 1.02. The van der Waals surface area contributed by atoms with Crippen LogP contribution < -0.4 is 10.6 Å². The van der Waals surface area contributed by atoms with Gasteiger partial charge in [-0.2, -0.15) is 0 Å². The molecule has 0 aliphatic carbocycles. The summed E-state index contributed by atoms with van der Waals surface area (Å²) in [5.74, 6) is 0. The smallest absolute Gasteiger partial charge is 0.314 e. The van der Waals surface area contributed by atoms with E-state index in [0.29, 0.717) is 19.5 Å². The van der Waals surface area contributed by atoms with Gasteiger partial charge in [-0.1, -0.05) is 23.8 Å². The molecule has 1 rings (SSSR count). The van der Waals surface area contributed by atoms with E-state index in [9.17, 15) is 4.79 Å². The molecule has 3 N–H and O–H groups in total. The van der Waals surface area contributed by atoms with Crippen LogP contribution in [0.25, 0.3) is 0 Å². The third-order valence-corrected chi connectivity index (χ3v) is 3.03. The van der Waals surface area contributed by atoms with E-state index in [1.807, 2.05) is 0 Å². The minimum absolute atomic E-state index is 0.176. The van der Waals surface area contributed by atoms with Gasteiger partial charge in [0.25, 0.3) is 0 Å². The molecule has 0 aliphatic heterocycles. The second kappa shape index (κ2) is 7.79. The lowest BCUT2D eigenvalue weighted by atomic mass is 10.0. The molecule has 0 radical (unpaired) electrons. The highest BCUT2D eigenvalue weighted by Crippen LogP contribution is 2.10. The summed E-state index contributed by atoms with van der Waals surface area (Å²) >= 11 is 0. The third-order valence-electron chi connectivity index (χ3n) is 3.03. The van der Waals surface area contributed by atoms with Crippen LogP contribution in [0.2, 0.25) is 0 Å². The normalized spacial score (nSPS) is 12.0. The number of benzene rings is 1. The summed E-state index contributed by atoms with van der Waals surface area (Å²) < 4.78 is 0. The fraction of sp³-hybridized carbons (Fsp3) is 0.533. The molecule has 0 aliphatic rings. The highest BCUT2D eigenvalue weighted by atomic mass is 16.3. The highest BCUT2D eigenvalue weighted by Gasteiger charge is 2.02. The Labute approximate surface area is 115 Å².